The molecule has 0 fully saturated rings. The maximum absolute atomic E-state index is 12.4. The van der Waals surface area contributed by atoms with Gasteiger partial charge in [0.05, 0.1) is 23.2 Å². The van der Waals surface area contributed by atoms with E-state index in [0.717, 1.165) is 53.2 Å². The fraction of sp³-hybridized carbons (Fsp3) is 0.444. The van der Waals surface area contributed by atoms with Crippen LogP contribution in [0.5, 0.6) is 5.75 Å². The maximum atomic E-state index is 12.4. The van der Waals surface area contributed by atoms with Crippen LogP contribution in [0.4, 0.5) is 0 Å². The van der Waals surface area contributed by atoms with Crippen molar-refractivity contribution in [3.63, 3.8) is 0 Å². The third-order valence-corrected chi connectivity index (χ3v) is 9.81. The number of ether oxygens (including phenoxy) is 2. The zero-order chi connectivity index (χ0) is 23.8. The first-order chi connectivity index (χ1) is 16.0. The lowest BCUT2D eigenvalue weighted by molar-refractivity contribution is -0.145. The molecule has 1 unspecified atom stereocenters. The van der Waals surface area contributed by atoms with Gasteiger partial charge in [0, 0.05) is 28.0 Å². The molecule has 176 valence electrons. The highest BCUT2D eigenvalue weighted by molar-refractivity contribution is 8.16. The zero-order valence-electron chi connectivity index (χ0n) is 20.0. The van der Waals surface area contributed by atoms with Gasteiger partial charge < -0.3 is 9.47 Å². The van der Waals surface area contributed by atoms with Gasteiger partial charge in [-0.3, -0.25) is 4.79 Å². The van der Waals surface area contributed by atoms with E-state index in [0.29, 0.717) is 6.61 Å². The molecule has 0 amide bonds. The van der Waals surface area contributed by atoms with Crippen molar-refractivity contribution in [1.82, 2.24) is 0 Å². The van der Waals surface area contributed by atoms with Gasteiger partial charge in [0.2, 0.25) is 0 Å². The highest BCUT2D eigenvalue weighted by atomic mass is 32.2. The Bertz CT molecular complexity index is 1020. The minimum atomic E-state index is -0.216. The van der Waals surface area contributed by atoms with Gasteiger partial charge in [0.1, 0.15) is 5.75 Å². The van der Waals surface area contributed by atoms with Crippen LogP contribution in [-0.4, -0.2) is 38.0 Å². The average Bonchev–Trinajstić information content (AvgIpc) is 2.85. The average molecular weight is 501 g/mol. The summed E-state index contributed by atoms with van der Waals surface area (Å²) >= 11 is 5.44. The van der Waals surface area contributed by atoms with E-state index in [1.807, 2.05) is 54.7 Å². The summed E-state index contributed by atoms with van der Waals surface area (Å²) in [5.41, 5.74) is 4.17. The summed E-state index contributed by atoms with van der Waals surface area (Å²) in [7, 11) is 0. The molecule has 1 heterocycles. The topological polar surface area (TPSA) is 35.5 Å². The second-order valence-electron chi connectivity index (χ2n) is 7.77. The maximum Gasteiger partial charge on any atom is 0.313 e. The molecule has 1 aliphatic heterocycles. The second-order valence-corrected chi connectivity index (χ2v) is 11.1. The Hall–Kier alpha value is -1.68. The molecule has 3 rings (SSSR count). The van der Waals surface area contributed by atoms with E-state index in [4.69, 9.17) is 9.47 Å². The Kier molecular flexibility index (Phi) is 9.55. The largest absolute Gasteiger partial charge is 0.493 e. The van der Waals surface area contributed by atoms with Crippen LogP contribution in [0.2, 0.25) is 0 Å². The highest BCUT2D eigenvalue weighted by Gasteiger charge is 2.37. The lowest BCUT2D eigenvalue weighted by Gasteiger charge is -2.36. The van der Waals surface area contributed by atoms with Crippen LogP contribution >= 0.6 is 35.3 Å². The number of esters is 1. The predicted molar refractivity (Wildman–Crippen MR) is 144 cm³/mol. The van der Waals surface area contributed by atoms with Gasteiger partial charge in [-0.1, -0.05) is 37.3 Å². The van der Waals surface area contributed by atoms with Crippen LogP contribution in [0.25, 0.3) is 0 Å². The van der Waals surface area contributed by atoms with Crippen LogP contribution < -0.4 is 4.74 Å². The molecule has 0 saturated carbocycles. The minimum absolute atomic E-state index is 0.00396. The molecule has 1 aliphatic rings. The number of hydrogen-bond acceptors (Lipinski definition) is 6. The molecule has 0 radical (unpaired) electrons. The summed E-state index contributed by atoms with van der Waals surface area (Å²) in [4.78, 5) is 13.5. The van der Waals surface area contributed by atoms with Crippen LogP contribution in [0.1, 0.15) is 61.3 Å². The van der Waals surface area contributed by atoms with E-state index in [1.54, 1.807) is 11.8 Å². The summed E-state index contributed by atoms with van der Waals surface area (Å²) in [5.74, 6) is 7.33. The third-order valence-electron chi connectivity index (χ3n) is 5.86. The summed E-state index contributed by atoms with van der Waals surface area (Å²) < 4.78 is 11.3. The number of carbonyl (C=O) groups is 1. The van der Waals surface area contributed by atoms with Gasteiger partial charge in [-0.2, -0.15) is 0 Å². The molecule has 0 N–H and O–H groups in total. The van der Waals surface area contributed by atoms with Crippen molar-refractivity contribution in [2.45, 2.75) is 48.0 Å². The standard InChI is InChI=1S/C27H32O3S3/c1-6-8-22(26(28)29-7-2)20-12-9-19(10-13-20)11-14-21-17-23-24(18-25(21)31-3)30-16-15-27(23,32-4)33-5/h9-10,12-13,17-18,22H,6-8,15-16H2,1-5H3. The molecule has 0 saturated heterocycles. The van der Waals surface area contributed by atoms with Crippen molar-refractivity contribution in [3.05, 3.63) is 58.7 Å². The van der Waals surface area contributed by atoms with Gasteiger partial charge in [0.15, 0.2) is 0 Å². The first kappa shape index (κ1) is 25.9. The van der Waals surface area contributed by atoms with Crippen molar-refractivity contribution >= 4 is 41.3 Å². The van der Waals surface area contributed by atoms with E-state index in [2.05, 4.69) is 49.7 Å². The monoisotopic (exact) mass is 500 g/mol. The number of benzene rings is 2. The van der Waals surface area contributed by atoms with E-state index in [1.165, 1.54) is 5.56 Å². The van der Waals surface area contributed by atoms with Gasteiger partial charge >= 0.3 is 5.97 Å². The van der Waals surface area contributed by atoms with Crippen molar-refractivity contribution in [3.8, 4) is 17.6 Å². The van der Waals surface area contributed by atoms with Crippen molar-refractivity contribution in [1.29, 1.82) is 0 Å². The Morgan fingerprint density at radius 3 is 2.45 bits per heavy atom. The van der Waals surface area contributed by atoms with Gasteiger partial charge in [-0.15, -0.1) is 35.3 Å². The third kappa shape index (κ3) is 5.88. The van der Waals surface area contributed by atoms with Crippen LogP contribution in [0.15, 0.2) is 41.3 Å². The molecule has 2 aromatic rings. The molecule has 0 bridgehead atoms. The molecule has 0 aromatic heterocycles. The number of carbonyl (C=O) groups excluding carboxylic acids is 1. The molecule has 3 nitrogen and oxygen atoms in total. The van der Waals surface area contributed by atoms with Crippen molar-refractivity contribution in [2.24, 2.45) is 0 Å². The lowest BCUT2D eigenvalue weighted by Crippen LogP contribution is -2.26. The summed E-state index contributed by atoms with van der Waals surface area (Å²) in [6.45, 7) is 5.07. The van der Waals surface area contributed by atoms with E-state index in [-0.39, 0.29) is 16.0 Å². The number of rotatable bonds is 8. The summed E-state index contributed by atoms with van der Waals surface area (Å²) in [5, 5.41) is 0. The minimum Gasteiger partial charge on any atom is -0.493 e. The SMILES string of the molecule is CCCC(C(=O)OCC)c1ccc(C#Cc2cc3c(cc2SC)OCCC3(SC)SC)cc1. The lowest BCUT2D eigenvalue weighted by atomic mass is 9.94. The highest BCUT2D eigenvalue weighted by Crippen LogP contribution is 2.53. The van der Waals surface area contributed by atoms with Gasteiger partial charge in [-0.25, -0.2) is 0 Å². The van der Waals surface area contributed by atoms with E-state index in [9.17, 15) is 4.79 Å². The predicted octanol–water partition coefficient (Wildman–Crippen LogP) is 6.92. The number of fused-ring (bicyclic) bond motifs is 1. The Morgan fingerprint density at radius 2 is 1.85 bits per heavy atom. The number of thioether (sulfide) groups is 3. The molecule has 33 heavy (non-hydrogen) atoms. The van der Waals surface area contributed by atoms with Crippen molar-refractivity contribution in [2.75, 3.05) is 32.0 Å². The van der Waals surface area contributed by atoms with Crippen molar-refractivity contribution < 1.29 is 14.3 Å². The molecule has 0 aliphatic carbocycles. The molecule has 0 spiro atoms. The molecule has 6 heteroatoms. The van der Waals surface area contributed by atoms with Gasteiger partial charge in [0.25, 0.3) is 0 Å². The quantitative estimate of drug-likeness (QED) is 0.169. The second kappa shape index (κ2) is 12.1. The Morgan fingerprint density at radius 1 is 1.12 bits per heavy atom. The molecular formula is C27H32O3S3. The fourth-order valence-electron chi connectivity index (χ4n) is 4.07. The first-order valence-corrected chi connectivity index (χ1v) is 14.9. The van der Waals surface area contributed by atoms with Gasteiger partial charge in [-0.05, 0) is 61.9 Å². The smallest absolute Gasteiger partial charge is 0.313 e. The molecular weight excluding hydrogens is 468 g/mol. The van der Waals surface area contributed by atoms with Crippen LogP contribution in [-0.2, 0) is 13.6 Å². The first-order valence-electron chi connectivity index (χ1n) is 11.3. The van der Waals surface area contributed by atoms with E-state index >= 15 is 0 Å². The van der Waals surface area contributed by atoms with Crippen LogP contribution in [0.3, 0.4) is 0 Å². The normalized spacial score (nSPS) is 14.9. The van der Waals surface area contributed by atoms with Crippen LogP contribution in [0, 0.1) is 11.8 Å². The summed E-state index contributed by atoms with van der Waals surface area (Å²) in [6, 6.07) is 12.4. The van der Waals surface area contributed by atoms with E-state index < -0.39 is 0 Å². The Balaban J connectivity index is 1.91. The molecule has 2 aromatic carbocycles. The molecule has 1 atom stereocenters. The summed E-state index contributed by atoms with van der Waals surface area (Å²) in [6.07, 6.45) is 9.11. The fourth-order valence-corrected chi connectivity index (χ4v) is 6.63. The number of hydrogen-bond donors (Lipinski definition) is 0. The zero-order valence-corrected chi connectivity index (χ0v) is 22.5. The Labute approximate surface area is 211 Å².